The molecule has 28 heavy (non-hydrogen) atoms. The Morgan fingerprint density at radius 1 is 1.04 bits per heavy atom. The molecule has 0 spiro atoms. The second-order valence-corrected chi connectivity index (χ2v) is 7.26. The lowest BCUT2D eigenvalue weighted by Crippen LogP contribution is -2.54. The van der Waals surface area contributed by atoms with Gasteiger partial charge in [0.15, 0.2) is 0 Å². The summed E-state index contributed by atoms with van der Waals surface area (Å²) in [5.74, 6) is -3.25. The number of nitrogens with one attached hydrogen (secondary N) is 1. The van der Waals surface area contributed by atoms with Crippen molar-refractivity contribution < 1.29 is 29.8 Å². The van der Waals surface area contributed by atoms with E-state index in [-0.39, 0.29) is 37.0 Å². The number of benzene rings is 1. The van der Waals surface area contributed by atoms with Crippen molar-refractivity contribution in [2.24, 2.45) is 5.92 Å². The molecule has 1 aromatic carbocycles. The third-order valence-electron chi connectivity index (χ3n) is 5.58. The van der Waals surface area contributed by atoms with Gasteiger partial charge in [-0.15, -0.1) is 0 Å². The van der Waals surface area contributed by atoms with Gasteiger partial charge in [-0.05, 0) is 31.4 Å². The third kappa shape index (κ3) is 2.87. The summed E-state index contributed by atoms with van der Waals surface area (Å²) in [4.78, 5) is 62.4. The van der Waals surface area contributed by atoms with E-state index < -0.39 is 35.5 Å². The summed E-state index contributed by atoms with van der Waals surface area (Å²) in [6, 6.07) is 1.29. The maximum atomic E-state index is 14.7. The van der Waals surface area contributed by atoms with Gasteiger partial charge in [-0.2, -0.15) is 0 Å². The van der Waals surface area contributed by atoms with Crippen LogP contribution in [0.5, 0.6) is 0 Å². The number of hydrogen-bond acceptors (Lipinski definition) is 6. The minimum Gasteiger partial charge on any atom is -0.369 e. The van der Waals surface area contributed by atoms with Gasteiger partial charge in [0.2, 0.25) is 11.8 Å². The molecule has 3 aliphatic heterocycles. The van der Waals surface area contributed by atoms with Crippen LogP contribution in [0.25, 0.3) is 0 Å². The Kier molecular flexibility index (Phi) is 4.44. The molecule has 1 unspecified atom stereocenters. The molecule has 4 rings (SSSR count). The SMILES string of the molecule is O=CC1CCN(c2cc3c(cc2F)C(=O)N(C2CCC(=O)NC2=O)C3=O)CC1.[HH]. The van der Waals surface area contributed by atoms with Crippen LogP contribution in [-0.4, -0.2) is 53.9 Å². The topological polar surface area (TPSA) is 104 Å². The maximum absolute atomic E-state index is 14.7. The maximum Gasteiger partial charge on any atom is 0.262 e. The number of carbonyl (C=O) groups excluding carboxylic acids is 5. The van der Waals surface area contributed by atoms with Crippen molar-refractivity contribution in [2.75, 3.05) is 18.0 Å². The fraction of sp³-hybridized carbons (Fsp3) is 0.421. The number of fused-ring (bicyclic) bond motifs is 1. The van der Waals surface area contributed by atoms with Gasteiger partial charge in [0.1, 0.15) is 18.1 Å². The molecule has 3 heterocycles. The molecule has 0 saturated carbocycles. The van der Waals surface area contributed by atoms with Gasteiger partial charge < -0.3 is 9.69 Å². The molecule has 8 nitrogen and oxygen atoms in total. The number of rotatable bonds is 3. The number of piperidine rings is 2. The molecule has 1 atom stereocenters. The van der Waals surface area contributed by atoms with Gasteiger partial charge in [-0.1, -0.05) is 0 Å². The molecule has 0 aliphatic carbocycles. The highest BCUT2D eigenvalue weighted by molar-refractivity contribution is 6.23. The van der Waals surface area contributed by atoms with Crippen LogP contribution in [0.4, 0.5) is 10.1 Å². The largest absolute Gasteiger partial charge is 0.369 e. The van der Waals surface area contributed by atoms with Gasteiger partial charge in [-0.3, -0.25) is 29.4 Å². The molecule has 1 N–H and O–H groups in total. The van der Waals surface area contributed by atoms with Gasteiger partial charge in [0.25, 0.3) is 11.8 Å². The summed E-state index contributed by atoms with van der Waals surface area (Å²) in [5.41, 5.74) is 0.164. The molecule has 0 radical (unpaired) electrons. The van der Waals surface area contributed by atoms with Crippen LogP contribution in [0.2, 0.25) is 0 Å². The predicted molar refractivity (Wildman–Crippen MR) is 96.2 cm³/mol. The van der Waals surface area contributed by atoms with E-state index in [0.29, 0.717) is 25.9 Å². The molecule has 3 aliphatic rings. The quantitative estimate of drug-likeness (QED) is 0.608. The van der Waals surface area contributed by atoms with Gasteiger partial charge in [0, 0.05) is 26.9 Å². The third-order valence-corrected chi connectivity index (χ3v) is 5.58. The molecule has 1 aromatic rings. The highest BCUT2D eigenvalue weighted by Crippen LogP contribution is 2.33. The summed E-state index contributed by atoms with van der Waals surface area (Å²) in [7, 11) is 0. The fourth-order valence-electron chi connectivity index (χ4n) is 4.00. The smallest absolute Gasteiger partial charge is 0.262 e. The second-order valence-electron chi connectivity index (χ2n) is 7.26. The zero-order chi connectivity index (χ0) is 20.0. The zero-order valence-corrected chi connectivity index (χ0v) is 14.9. The van der Waals surface area contributed by atoms with E-state index in [4.69, 9.17) is 0 Å². The standard InChI is InChI=1S/C19H18FN3O5.H2/c20-13-7-11-12(8-15(13)22-5-3-10(9-24)4-6-22)19(28)23(18(11)27)14-1-2-16(25)21-17(14)26;/h7-10,14H,1-6H2,(H,21,25,26);1H. The summed E-state index contributed by atoms with van der Waals surface area (Å²) < 4.78 is 14.7. The van der Waals surface area contributed by atoms with E-state index in [1.54, 1.807) is 4.90 Å². The first kappa shape index (κ1) is 18.3. The Bertz CT molecular complexity index is 913. The van der Waals surface area contributed by atoms with Gasteiger partial charge >= 0.3 is 0 Å². The number of amides is 4. The molecular weight excluding hydrogens is 369 g/mol. The number of nitrogens with zero attached hydrogens (tertiary/aromatic N) is 2. The molecule has 9 heteroatoms. The van der Waals surface area contributed by atoms with Crippen LogP contribution in [0.3, 0.4) is 0 Å². The van der Waals surface area contributed by atoms with Crippen LogP contribution >= 0.6 is 0 Å². The molecule has 0 aromatic heterocycles. The Hall–Kier alpha value is -3.10. The van der Waals surface area contributed by atoms with Crippen LogP contribution in [0, 0.1) is 11.7 Å². The molecular formula is C19H20FN3O5. The highest BCUT2D eigenvalue weighted by atomic mass is 19.1. The number of carbonyl (C=O) groups is 5. The number of halogens is 1. The van der Waals surface area contributed by atoms with E-state index in [0.717, 1.165) is 17.3 Å². The van der Waals surface area contributed by atoms with E-state index in [9.17, 15) is 28.4 Å². The van der Waals surface area contributed by atoms with Crippen molar-refractivity contribution in [3.63, 3.8) is 0 Å². The molecule has 0 bridgehead atoms. The Labute approximate surface area is 161 Å². The highest BCUT2D eigenvalue weighted by Gasteiger charge is 2.45. The number of aldehydes is 1. The first-order chi connectivity index (χ1) is 13.4. The number of hydrogen-bond donors (Lipinski definition) is 1. The van der Waals surface area contributed by atoms with Crippen LogP contribution in [-0.2, 0) is 14.4 Å². The summed E-state index contributed by atoms with van der Waals surface area (Å²) in [6.45, 7) is 0.941. The molecule has 2 fully saturated rings. The average Bonchev–Trinajstić information content (AvgIpc) is 2.91. The monoisotopic (exact) mass is 389 g/mol. The summed E-state index contributed by atoms with van der Waals surface area (Å²) in [5, 5.41) is 2.12. The van der Waals surface area contributed by atoms with Crippen molar-refractivity contribution in [3.8, 4) is 0 Å². The number of imide groups is 2. The minimum atomic E-state index is -1.08. The normalized spacial score (nSPS) is 23.1. The zero-order valence-electron chi connectivity index (χ0n) is 14.9. The first-order valence-corrected chi connectivity index (χ1v) is 9.16. The van der Waals surface area contributed by atoms with Crippen molar-refractivity contribution in [1.82, 2.24) is 10.2 Å². The molecule has 2 saturated heterocycles. The predicted octanol–water partition coefficient (Wildman–Crippen LogP) is 0.888. The summed E-state index contributed by atoms with van der Waals surface area (Å²) in [6.07, 6.45) is 2.15. The van der Waals surface area contributed by atoms with Gasteiger partial charge in [0.05, 0.1) is 16.8 Å². The van der Waals surface area contributed by atoms with Crippen molar-refractivity contribution >= 4 is 35.6 Å². The lowest BCUT2D eigenvalue weighted by atomic mass is 9.97. The minimum absolute atomic E-state index is 0. The lowest BCUT2D eigenvalue weighted by Gasteiger charge is -2.32. The molecule has 4 amide bonds. The van der Waals surface area contributed by atoms with Crippen molar-refractivity contribution in [3.05, 3.63) is 29.1 Å². The fourth-order valence-corrected chi connectivity index (χ4v) is 4.00. The first-order valence-electron chi connectivity index (χ1n) is 9.16. The average molecular weight is 389 g/mol. The molecule has 148 valence electrons. The Morgan fingerprint density at radius 2 is 1.68 bits per heavy atom. The second kappa shape index (κ2) is 6.81. The van der Waals surface area contributed by atoms with Crippen molar-refractivity contribution in [2.45, 2.75) is 31.7 Å². The van der Waals surface area contributed by atoms with Gasteiger partial charge in [-0.25, -0.2) is 4.39 Å². The van der Waals surface area contributed by atoms with E-state index in [2.05, 4.69) is 5.32 Å². The van der Waals surface area contributed by atoms with E-state index in [1.165, 1.54) is 6.07 Å². The Morgan fingerprint density at radius 3 is 2.29 bits per heavy atom. The lowest BCUT2D eigenvalue weighted by molar-refractivity contribution is -0.136. The summed E-state index contributed by atoms with van der Waals surface area (Å²) >= 11 is 0. The van der Waals surface area contributed by atoms with Crippen molar-refractivity contribution in [1.29, 1.82) is 0 Å². The van der Waals surface area contributed by atoms with E-state index >= 15 is 0 Å². The number of anilines is 1. The van der Waals surface area contributed by atoms with E-state index in [1.807, 2.05) is 0 Å². The Balaban J connectivity index is 0.00000240. The van der Waals surface area contributed by atoms with Crippen LogP contribution in [0.1, 0.15) is 47.8 Å². The van der Waals surface area contributed by atoms with Crippen LogP contribution in [0.15, 0.2) is 12.1 Å². The van der Waals surface area contributed by atoms with Crippen LogP contribution < -0.4 is 10.2 Å².